The molecule has 1 aliphatic rings. The Balaban J connectivity index is 2.24. The van der Waals surface area contributed by atoms with Gasteiger partial charge in [-0.05, 0) is 25.8 Å². The van der Waals surface area contributed by atoms with Crippen LogP contribution in [0.15, 0.2) is 12.3 Å². The smallest absolute Gasteiger partial charge is 0.300 e. The molecule has 0 spiro atoms. The number of nitrogens with zero attached hydrogens (tertiary/aromatic N) is 2. The molecule has 3 N–H and O–H groups in total. The van der Waals surface area contributed by atoms with Crippen LogP contribution in [-0.2, 0) is 0 Å². The van der Waals surface area contributed by atoms with Crippen molar-refractivity contribution in [2.75, 3.05) is 5.73 Å². The second-order valence-electron chi connectivity index (χ2n) is 5.46. The molecule has 1 heterocycles. The van der Waals surface area contributed by atoms with Crippen molar-refractivity contribution in [3.05, 3.63) is 27.9 Å². The van der Waals surface area contributed by atoms with Crippen molar-refractivity contribution < 1.29 is 9.72 Å². The van der Waals surface area contributed by atoms with Gasteiger partial charge in [-0.25, -0.2) is 4.98 Å². The minimum Gasteiger partial charge on any atom is -0.384 e. The number of anilines is 1. The molecule has 2 rings (SSSR count). The largest absolute Gasteiger partial charge is 0.384 e. The molecule has 0 aliphatic heterocycles. The number of carbonyl (C=O) groups excluding carboxylic acids is 1. The minimum atomic E-state index is -0.620. The zero-order valence-corrected chi connectivity index (χ0v) is 11.4. The lowest BCUT2D eigenvalue weighted by Crippen LogP contribution is -2.47. The molecule has 7 heteroatoms. The fraction of sp³-hybridized carbons (Fsp3) is 0.538. The standard InChI is InChI=1S/C13H18N4O3/c1-13(5-3-2-4-6-13)16-12(18)9-7-11(14)15-8-10(9)17(19)20/h7-8H,2-6H2,1H3,(H2,14,15)(H,16,18). The maximum Gasteiger partial charge on any atom is 0.300 e. The third-order valence-corrected chi connectivity index (χ3v) is 3.72. The Bertz CT molecular complexity index is 538. The summed E-state index contributed by atoms with van der Waals surface area (Å²) in [4.78, 5) is 26.3. The number of aromatic nitrogens is 1. The van der Waals surface area contributed by atoms with Crippen LogP contribution in [0.1, 0.15) is 49.4 Å². The van der Waals surface area contributed by atoms with Gasteiger partial charge >= 0.3 is 0 Å². The summed E-state index contributed by atoms with van der Waals surface area (Å²) in [6.07, 6.45) is 6.05. The van der Waals surface area contributed by atoms with Crippen LogP contribution in [0.5, 0.6) is 0 Å². The topological polar surface area (TPSA) is 111 Å². The number of rotatable bonds is 3. The van der Waals surface area contributed by atoms with Gasteiger partial charge in [0.15, 0.2) is 0 Å². The van der Waals surface area contributed by atoms with Crippen molar-refractivity contribution in [1.82, 2.24) is 10.3 Å². The second kappa shape index (κ2) is 5.44. The number of carbonyl (C=O) groups is 1. The van der Waals surface area contributed by atoms with E-state index >= 15 is 0 Å². The molecule has 108 valence electrons. The molecule has 1 fully saturated rings. The number of nitrogens with two attached hydrogens (primary N) is 1. The van der Waals surface area contributed by atoms with Gasteiger partial charge in [0.2, 0.25) is 0 Å². The molecule has 0 aromatic carbocycles. The molecule has 0 unspecified atom stereocenters. The van der Waals surface area contributed by atoms with E-state index in [0.717, 1.165) is 38.3 Å². The first-order valence-electron chi connectivity index (χ1n) is 6.64. The number of nitrogen functional groups attached to an aromatic ring is 1. The summed E-state index contributed by atoms with van der Waals surface area (Å²) in [5, 5.41) is 13.9. The second-order valence-corrected chi connectivity index (χ2v) is 5.46. The lowest BCUT2D eigenvalue weighted by Gasteiger charge is -2.34. The number of amides is 1. The number of hydrogen-bond donors (Lipinski definition) is 2. The van der Waals surface area contributed by atoms with Crippen LogP contribution in [0.3, 0.4) is 0 Å². The van der Waals surface area contributed by atoms with Crippen LogP contribution in [-0.4, -0.2) is 21.4 Å². The van der Waals surface area contributed by atoms with Gasteiger partial charge in [0, 0.05) is 5.54 Å². The number of nitrogens with one attached hydrogen (secondary N) is 1. The molecule has 1 aromatic heterocycles. The van der Waals surface area contributed by atoms with Crippen molar-refractivity contribution in [1.29, 1.82) is 0 Å². The van der Waals surface area contributed by atoms with Crippen LogP contribution < -0.4 is 11.1 Å². The highest BCUT2D eigenvalue weighted by atomic mass is 16.6. The summed E-state index contributed by atoms with van der Waals surface area (Å²) in [7, 11) is 0. The first kappa shape index (κ1) is 14.2. The van der Waals surface area contributed by atoms with E-state index in [4.69, 9.17) is 5.73 Å². The molecule has 20 heavy (non-hydrogen) atoms. The van der Waals surface area contributed by atoms with Crippen LogP contribution in [0.4, 0.5) is 11.5 Å². The third-order valence-electron chi connectivity index (χ3n) is 3.72. The molecule has 7 nitrogen and oxygen atoms in total. The van der Waals surface area contributed by atoms with Crippen molar-refractivity contribution in [3.8, 4) is 0 Å². The molecule has 0 radical (unpaired) electrons. The number of pyridine rings is 1. The van der Waals surface area contributed by atoms with Crippen LogP contribution in [0.25, 0.3) is 0 Å². The van der Waals surface area contributed by atoms with E-state index in [9.17, 15) is 14.9 Å². The molecule has 1 aliphatic carbocycles. The predicted molar refractivity (Wildman–Crippen MR) is 74.3 cm³/mol. The van der Waals surface area contributed by atoms with E-state index in [-0.39, 0.29) is 22.6 Å². The van der Waals surface area contributed by atoms with Crippen LogP contribution >= 0.6 is 0 Å². The molecule has 1 saturated carbocycles. The van der Waals surface area contributed by atoms with Gasteiger partial charge < -0.3 is 11.1 Å². The van der Waals surface area contributed by atoms with Gasteiger partial charge in [-0.3, -0.25) is 14.9 Å². The number of hydrogen-bond acceptors (Lipinski definition) is 5. The van der Waals surface area contributed by atoms with E-state index in [1.54, 1.807) is 0 Å². The molecule has 1 amide bonds. The lowest BCUT2D eigenvalue weighted by atomic mass is 9.83. The average molecular weight is 278 g/mol. The van der Waals surface area contributed by atoms with Gasteiger partial charge in [-0.2, -0.15) is 0 Å². The monoisotopic (exact) mass is 278 g/mol. The third kappa shape index (κ3) is 3.04. The molecule has 0 bridgehead atoms. The Hall–Kier alpha value is -2.18. The molecule has 1 aromatic rings. The highest BCUT2D eigenvalue weighted by Gasteiger charge is 2.31. The highest BCUT2D eigenvalue weighted by molar-refractivity contribution is 5.99. The van der Waals surface area contributed by atoms with E-state index in [1.165, 1.54) is 6.07 Å². The zero-order chi connectivity index (χ0) is 14.8. The van der Waals surface area contributed by atoms with E-state index in [1.807, 2.05) is 6.92 Å². The lowest BCUT2D eigenvalue weighted by molar-refractivity contribution is -0.385. The summed E-state index contributed by atoms with van der Waals surface area (Å²) in [6.45, 7) is 1.97. The first-order chi connectivity index (χ1) is 9.41. The maximum absolute atomic E-state index is 12.3. The number of nitro groups is 1. The maximum atomic E-state index is 12.3. The van der Waals surface area contributed by atoms with E-state index < -0.39 is 10.8 Å². The fourth-order valence-electron chi connectivity index (χ4n) is 2.59. The SMILES string of the molecule is CC1(NC(=O)c2cc(N)ncc2[N+](=O)[O-])CCCCC1. The fourth-order valence-corrected chi connectivity index (χ4v) is 2.59. The van der Waals surface area contributed by atoms with E-state index in [0.29, 0.717) is 0 Å². The Labute approximate surface area is 116 Å². The summed E-state index contributed by atoms with van der Waals surface area (Å²) < 4.78 is 0. The van der Waals surface area contributed by atoms with Crippen molar-refractivity contribution >= 4 is 17.4 Å². The summed E-state index contributed by atoms with van der Waals surface area (Å²) in [5.41, 5.74) is 4.86. The molecular formula is C13H18N4O3. The summed E-state index contributed by atoms with van der Waals surface area (Å²) in [6, 6.07) is 1.25. The Morgan fingerprint density at radius 1 is 1.45 bits per heavy atom. The van der Waals surface area contributed by atoms with Crippen LogP contribution in [0, 0.1) is 10.1 Å². The molecule has 0 atom stereocenters. The summed E-state index contributed by atoms with van der Waals surface area (Å²) >= 11 is 0. The zero-order valence-electron chi connectivity index (χ0n) is 11.4. The molecule has 0 saturated heterocycles. The Morgan fingerprint density at radius 3 is 2.70 bits per heavy atom. The van der Waals surface area contributed by atoms with Gasteiger partial charge in [0.05, 0.1) is 4.92 Å². The average Bonchev–Trinajstić information content (AvgIpc) is 2.38. The Kier molecular flexibility index (Phi) is 3.87. The van der Waals surface area contributed by atoms with Gasteiger partial charge in [-0.15, -0.1) is 0 Å². The van der Waals surface area contributed by atoms with E-state index in [2.05, 4.69) is 10.3 Å². The van der Waals surface area contributed by atoms with Crippen molar-refractivity contribution in [3.63, 3.8) is 0 Å². The minimum absolute atomic E-state index is 0.0331. The molecular weight excluding hydrogens is 260 g/mol. The van der Waals surface area contributed by atoms with Gasteiger partial charge in [0.1, 0.15) is 17.6 Å². The highest BCUT2D eigenvalue weighted by Crippen LogP contribution is 2.28. The normalized spacial score (nSPS) is 17.4. The van der Waals surface area contributed by atoms with Gasteiger partial charge in [0.25, 0.3) is 11.6 Å². The predicted octanol–water partition coefficient (Wildman–Crippen LogP) is 2.02. The van der Waals surface area contributed by atoms with Crippen molar-refractivity contribution in [2.45, 2.75) is 44.6 Å². The Morgan fingerprint density at radius 2 is 2.10 bits per heavy atom. The quantitative estimate of drug-likeness (QED) is 0.649. The summed E-state index contributed by atoms with van der Waals surface area (Å²) in [5.74, 6) is -0.371. The first-order valence-corrected chi connectivity index (χ1v) is 6.64. The van der Waals surface area contributed by atoms with Crippen molar-refractivity contribution in [2.24, 2.45) is 0 Å². The van der Waals surface area contributed by atoms with Crippen LogP contribution in [0.2, 0.25) is 0 Å². The van der Waals surface area contributed by atoms with Gasteiger partial charge in [-0.1, -0.05) is 19.3 Å².